The summed E-state index contributed by atoms with van der Waals surface area (Å²) in [7, 11) is 0. The van der Waals surface area contributed by atoms with Crippen molar-refractivity contribution < 1.29 is 0 Å². The molecule has 0 saturated carbocycles. The molecule has 3 aromatic rings. The average Bonchev–Trinajstić information content (AvgIpc) is 3.14. The first kappa shape index (κ1) is 22.9. The lowest BCUT2D eigenvalue weighted by atomic mass is 10.1. The number of nitrogen functional groups attached to an aromatic ring is 2. The standard InChI is InChI=1S/C20H25N7.2ClH/c1-2-9-23-13-8-11-27(12-13)20-18-16(7-4-10-24-18)25-19(26-20)17-14(21)5-3-6-15(17)22;;/h3-7,10,13,23H,2,8-9,11-12,21-22H2,1H3;2*1H. The van der Waals surface area contributed by atoms with Gasteiger partial charge in [-0.3, -0.25) is 4.98 Å². The average molecular weight is 436 g/mol. The summed E-state index contributed by atoms with van der Waals surface area (Å²) < 4.78 is 0. The zero-order chi connectivity index (χ0) is 18.8. The van der Waals surface area contributed by atoms with E-state index in [1.54, 1.807) is 6.20 Å². The number of aromatic nitrogens is 3. The number of pyridine rings is 1. The Labute approximate surface area is 183 Å². The van der Waals surface area contributed by atoms with Crippen LogP contribution in [0.5, 0.6) is 0 Å². The van der Waals surface area contributed by atoms with Gasteiger partial charge >= 0.3 is 0 Å². The second kappa shape index (κ2) is 9.91. The molecule has 1 saturated heterocycles. The molecule has 29 heavy (non-hydrogen) atoms. The Kier molecular flexibility index (Phi) is 7.84. The Balaban J connectivity index is 0.00000150. The zero-order valence-electron chi connectivity index (χ0n) is 16.3. The highest BCUT2D eigenvalue weighted by molar-refractivity contribution is 5.91. The quantitative estimate of drug-likeness (QED) is 0.527. The molecule has 0 aliphatic carbocycles. The number of rotatable bonds is 5. The smallest absolute Gasteiger partial charge is 0.166 e. The Bertz CT molecular complexity index is 946. The molecule has 1 atom stereocenters. The lowest BCUT2D eigenvalue weighted by Crippen LogP contribution is -2.33. The van der Waals surface area contributed by atoms with Gasteiger partial charge in [-0.2, -0.15) is 0 Å². The number of hydrogen-bond acceptors (Lipinski definition) is 7. The summed E-state index contributed by atoms with van der Waals surface area (Å²) in [6, 6.07) is 9.79. The largest absolute Gasteiger partial charge is 0.398 e. The van der Waals surface area contributed by atoms with E-state index in [4.69, 9.17) is 21.4 Å². The molecular formula is C20H27Cl2N7. The van der Waals surface area contributed by atoms with Crippen LogP contribution in [0.15, 0.2) is 36.5 Å². The van der Waals surface area contributed by atoms with E-state index in [2.05, 4.69) is 22.1 Å². The van der Waals surface area contributed by atoms with Crippen LogP contribution in [0.2, 0.25) is 0 Å². The fourth-order valence-electron chi connectivity index (χ4n) is 3.60. The summed E-state index contributed by atoms with van der Waals surface area (Å²) in [5, 5.41) is 3.60. The van der Waals surface area contributed by atoms with Crippen LogP contribution in [-0.4, -0.2) is 40.6 Å². The van der Waals surface area contributed by atoms with Crippen molar-refractivity contribution in [2.45, 2.75) is 25.8 Å². The van der Waals surface area contributed by atoms with Crippen molar-refractivity contribution in [1.82, 2.24) is 20.3 Å². The van der Waals surface area contributed by atoms with Gasteiger partial charge in [-0.05, 0) is 43.7 Å². The van der Waals surface area contributed by atoms with E-state index < -0.39 is 0 Å². The number of fused-ring (bicyclic) bond motifs is 1. The highest BCUT2D eigenvalue weighted by Crippen LogP contribution is 2.33. The molecule has 9 heteroatoms. The van der Waals surface area contributed by atoms with Gasteiger partial charge in [0.2, 0.25) is 0 Å². The van der Waals surface area contributed by atoms with Crippen LogP contribution in [0.25, 0.3) is 22.4 Å². The maximum absolute atomic E-state index is 6.18. The van der Waals surface area contributed by atoms with Crippen LogP contribution in [0.1, 0.15) is 19.8 Å². The van der Waals surface area contributed by atoms with E-state index in [0.29, 0.717) is 28.8 Å². The van der Waals surface area contributed by atoms with E-state index in [1.807, 2.05) is 30.3 Å². The Morgan fingerprint density at radius 1 is 1.10 bits per heavy atom. The Hall–Kier alpha value is -2.35. The van der Waals surface area contributed by atoms with Gasteiger partial charge in [0.05, 0.1) is 11.1 Å². The molecule has 156 valence electrons. The third-order valence-electron chi connectivity index (χ3n) is 4.96. The second-order valence-corrected chi connectivity index (χ2v) is 6.94. The minimum Gasteiger partial charge on any atom is -0.398 e. The van der Waals surface area contributed by atoms with Crippen molar-refractivity contribution in [3.63, 3.8) is 0 Å². The molecule has 1 fully saturated rings. The molecule has 7 nitrogen and oxygen atoms in total. The summed E-state index contributed by atoms with van der Waals surface area (Å²) >= 11 is 0. The topological polar surface area (TPSA) is 106 Å². The summed E-state index contributed by atoms with van der Waals surface area (Å²) in [4.78, 5) is 16.4. The monoisotopic (exact) mass is 435 g/mol. The van der Waals surface area contributed by atoms with Crippen molar-refractivity contribution >= 4 is 53.0 Å². The van der Waals surface area contributed by atoms with Crippen molar-refractivity contribution in [3.8, 4) is 11.4 Å². The molecule has 0 spiro atoms. The third-order valence-corrected chi connectivity index (χ3v) is 4.96. The van der Waals surface area contributed by atoms with Gasteiger partial charge in [0.1, 0.15) is 5.52 Å². The number of halogens is 2. The fraction of sp³-hybridized carbons (Fsp3) is 0.350. The number of anilines is 3. The zero-order valence-corrected chi connectivity index (χ0v) is 18.0. The summed E-state index contributed by atoms with van der Waals surface area (Å²) in [5.41, 5.74) is 15.8. The maximum Gasteiger partial charge on any atom is 0.166 e. The normalized spacial score (nSPS) is 15.8. The predicted molar refractivity (Wildman–Crippen MR) is 125 cm³/mol. The molecule has 0 amide bonds. The second-order valence-electron chi connectivity index (χ2n) is 6.94. The molecule has 5 N–H and O–H groups in total. The van der Waals surface area contributed by atoms with Gasteiger partial charge in [-0.25, -0.2) is 9.97 Å². The first-order valence-corrected chi connectivity index (χ1v) is 9.42. The van der Waals surface area contributed by atoms with Crippen molar-refractivity contribution in [2.75, 3.05) is 36.0 Å². The molecule has 1 aliphatic heterocycles. The number of hydrogen-bond donors (Lipinski definition) is 3. The van der Waals surface area contributed by atoms with Gasteiger partial charge in [0, 0.05) is 36.7 Å². The van der Waals surface area contributed by atoms with Gasteiger partial charge in [-0.1, -0.05) is 13.0 Å². The maximum atomic E-state index is 6.18. The minimum atomic E-state index is 0. The van der Waals surface area contributed by atoms with Crippen LogP contribution in [0.4, 0.5) is 17.2 Å². The van der Waals surface area contributed by atoms with E-state index in [1.165, 1.54) is 0 Å². The van der Waals surface area contributed by atoms with E-state index >= 15 is 0 Å². The van der Waals surface area contributed by atoms with Gasteiger partial charge in [-0.15, -0.1) is 24.8 Å². The number of nitrogens with one attached hydrogen (secondary N) is 1. The van der Waals surface area contributed by atoms with Gasteiger partial charge < -0.3 is 21.7 Å². The number of nitrogens with zero attached hydrogens (tertiary/aromatic N) is 4. The SMILES string of the molecule is CCCNC1CCN(c2nc(-c3c(N)cccc3N)nc3cccnc23)C1.Cl.Cl. The Morgan fingerprint density at radius 3 is 2.59 bits per heavy atom. The highest BCUT2D eigenvalue weighted by atomic mass is 35.5. The van der Waals surface area contributed by atoms with Crippen molar-refractivity contribution in [3.05, 3.63) is 36.5 Å². The van der Waals surface area contributed by atoms with Gasteiger partial charge in [0.15, 0.2) is 11.6 Å². The van der Waals surface area contributed by atoms with E-state index in [-0.39, 0.29) is 24.8 Å². The van der Waals surface area contributed by atoms with Crippen LogP contribution < -0.4 is 21.7 Å². The molecule has 1 aliphatic rings. The molecule has 1 aromatic carbocycles. The first-order chi connectivity index (χ1) is 13.2. The van der Waals surface area contributed by atoms with Crippen LogP contribution in [-0.2, 0) is 0 Å². The summed E-state index contributed by atoms with van der Waals surface area (Å²) in [5.74, 6) is 1.39. The van der Waals surface area contributed by atoms with E-state index in [0.717, 1.165) is 49.3 Å². The number of nitrogens with two attached hydrogens (primary N) is 2. The molecule has 4 rings (SSSR count). The highest BCUT2D eigenvalue weighted by Gasteiger charge is 2.26. The molecule has 0 radical (unpaired) electrons. The van der Waals surface area contributed by atoms with Gasteiger partial charge in [0.25, 0.3) is 0 Å². The van der Waals surface area contributed by atoms with Crippen molar-refractivity contribution in [1.29, 1.82) is 0 Å². The fourth-order valence-corrected chi connectivity index (χ4v) is 3.60. The first-order valence-electron chi connectivity index (χ1n) is 9.42. The Morgan fingerprint density at radius 2 is 1.86 bits per heavy atom. The summed E-state index contributed by atoms with van der Waals surface area (Å²) in [6.07, 6.45) is 4.00. The van der Waals surface area contributed by atoms with Crippen LogP contribution in [0.3, 0.4) is 0 Å². The molecule has 3 heterocycles. The van der Waals surface area contributed by atoms with E-state index in [9.17, 15) is 0 Å². The van der Waals surface area contributed by atoms with Crippen LogP contribution >= 0.6 is 24.8 Å². The molecule has 0 bridgehead atoms. The van der Waals surface area contributed by atoms with Crippen LogP contribution in [0, 0.1) is 0 Å². The van der Waals surface area contributed by atoms with Crippen molar-refractivity contribution in [2.24, 2.45) is 0 Å². The lowest BCUT2D eigenvalue weighted by molar-refractivity contribution is 0.549. The number of benzene rings is 1. The predicted octanol–water partition coefficient (Wildman–Crippen LogP) is 3.28. The third kappa shape index (κ3) is 4.63. The molecule has 2 aromatic heterocycles. The molecular weight excluding hydrogens is 409 g/mol. The minimum absolute atomic E-state index is 0. The summed E-state index contributed by atoms with van der Waals surface area (Å²) in [6.45, 7) is 5.05. The lowest BCUT2D eigenvalue weighted by Gasteiger charge is -2.20. The molecule has 1 unspecified atom stereocenters.